The Hall–Kier alpha value is -0.180. The highest BCUT2D eigenvalue weighted by molar-refractivity contribution is 14.1. The summed E-state index contributed by atoms with van der Waals surface area (Å²) in [5, 5.41) is 0. The van der Waals surface area contributed by atoms with E-state index in [-0.39, 0.29) is 0 Å². The number of sulfonamides is 1. The Morgan fingerprint density at radius 1 is 1.39 bits per heavy atom. The fourth-order valence-corrected chi connectivity index (χ4v) is 4.68. The standard InChI is InChI=1S/C12H17IN2O2S/c1-10-5-3-4-6-12(10)18(16,17)14(2)7-11-8-15(13)9-11/h3-6,11H,7-9H2,1-2H3. The molecule has 4 nitrogen and oxygen atoms in total. The molecule has 0 saturated carbocycles. The van der Waals surface area contributed by atoms with Gasteiger partial charge in [0.2, 0.25) is 10.0 Å². The Labute approximate surface area is 123 Å². The van der Waals surface area contributed by atoms with Crippen molar-refractivity contribution in [3.63, 3.8) is 0 Å². The third kappa shape index (κ3) is 2.87. The van der Waals surface area contributed by atoms with E-state index in [9.17, 15) is 8.42 Å². The third-order valence-corrected chi connectivity index (χ3v) is 5.98. The number of halogens is 1. The number of hydrogen-bond acceptors (Lipinski definition) is 3. The molecular formula is C12H17IN2O2S. The maximum Gasteiger partial charge on any atom is 0.243 e. The van der Waals surface area contributed by atoms with Crippen molar-refractivity contribution < 1.29 is 8.42 Å². The zero-order valence-electron chi connectivity index (χ0n) is 10.5. The Balaban J connectivity index is 2.13. The van der Waals surface area contributed by atoms with E-state index in [0.717, 1.165) is 18.7 Å². The van der Waals surface area contributed by atoms with Crippen molar-refractivity contribution in [3.05, 3.63) is 29.8 Å². The van der Waals surface area contributed by atoms with E-state index in [0.29, 0.717) is 17.4 Å². The van der Waals surface area contributed by atoms with Gasteiger partial charge in [-0.2, -0.15) is 0 Å². The van der Waals surface area contributed by atoms with E-state index in [1.54, 1.807) is 19.2 Å². The normalized spacial score (nSPS) is 18.0. The van der Waals surface area contributed by atoms with Crippen LogP contribution in [-0.4, -0.2) is 42.5 Å². The molecule has 1 heterocycles. The van der Waals surface area contributed by atoms with Crippen LogP contribution < -0.4 is 0 Å². The predicted octanol–water partition coefficient (Wildman–Crippen LogP) is 1.90. The molecule has 0 atom stereocenters. The number of rotatable bonds is 4. The fourth-order valence-electron chi connectivity index (χ4n) is 2.10. The molecule has 100 valence electrons. The van der Waals surface area contributed by atoms with Crippen LogP contribution in [0.4, 0.5) is 0 Å². The number of hydrogen-bond donors (Lipinski definition) is 0. The molecule has 18 heavy (non-hydrogen) atoms. The summed E-state index contributed by atoms with van der Waals surface area (Å²) in [5.41, 5.74) is 0.800. The lowest BCUT2D eigenvalue weighted by Gasteiger charge is -2.36. The summed E-state index contributed by atoms with van der Waals surface area (Å²) in [4.78, 5) is 0.415. The predicted molar refractivity (Wildman–Crippen MR) is 80.1 cm³/mol. The molecule has 0 bridgehead atoms. The molecule has 1 aromatic carbocycles. The fraction of sp³-hybridized carbons (Fsp3) is 0.500. The summed E-state index contributed by atoms with van der Waals surface area (Å²) < 4.78 is 28.5. The minimum absolute atomic E-state index is 0.415. The van der Waals surface area contributed by atoms with Gasteiger partial charge >= 0.3 is 0 Å². The topological polar surface area (TPSA) is 40.6 Å². The summed E-state index contributed by atoms with van der Waals surface area (Å²) in [6, 6.07) is 7.13. The summed E-state index contributed by atoms with van der Waals surface area (Å²) in [7, 11) is -1.68. The van der Waals surface area contributed by atoms with E-state index in [1.165, 1.54) is 4.31 Å². The second-order valence-electron chi connectivity index (χ2n) is 4.74. The molecule has 1 aliphatic heterocycles. The second-order valence-corrected chi connectivity index (χ2v) is 8.12. The molecule has 0 amide bonds. The molecule has 6 heteroatoms. The lowest BCUT2D eigenvalue weighted by Crippen LogP contribution is -2.46. The van der Waals surface area contributed by atoms with Crippen molar-refractivity contribution in [2.75, 3.05) is 26.7 Å². The summed E-state index contributed by atoms with van der Waals surface area (Å²) in [6.45, 7) is 4.36. The third-order valence-electron chi connectivity index (χ3n) is 3.21. The average molecular weight is 380 g/mol. The molecule has 1 aromatic rings. The van der Waals surface area contributed by atoms with Crippen LogP contribution in [0.1, 0.15) is 5.56 Å². The maximum absolute atomic E-state index is 12.4. The minimum Gasteiger partial charge on any atom is -0.247 e. The first-order valence-electron chi connectivity index (χ1n) is 5.84. The molecule has 0 unspecified atom stereocenters. The molecule has 0 radical (unpaired) electrons. The monoisotopic (exact) mass is 380 g/mol. The van der Waals surface area contributed by atoms with Gasteiger partial charge in [0.1, 0.15) is 0 Å². The van der Waals surface area contributed by atoms with Crippen LogP contribution in [0, 0.1) is 12.8 Å². The van der Waals surface area contributed by atoms with Gasteiger partial charge in [0.25, 0.3) is 0 Å². The molecule has 1 saturated heterocycles. The molecule has 0 N–H and O–H groups in total. The molecule has 2 rings (SSSR count). The van der Waals surface area contributed by atoms with Crippen LogP contribution >= 0.6 is 22.9 Å². The van der Waals surface area contributed by atoms with Gasteiger partial charge in [-0.25, -0.2) is 15.8 Å². The van der Waals surface area contributed by atoms with E-state index < -0.39 is 10.0 Å². The highest BCUT2D eigenvalue weighted by Crippen LogP contribution is 2.24. The first-order valence-corrected chi connectivity index (χ1v) is 8.24. The van der Waals surface area contributed by atoms with Gasteiger partial charge in [-0.1, -0.05) is 18.2 Å². The summed E-state index contributed by atoms with van der Waals surface area (Å²) in [5.74, 6) is 0.450. The van der Waals surface area contributed by atoms with Gasteiger partial charge < -0.3 is 0 Å². The second kappa shape index (κ2) is 5.44. The first kappa shape index (κ1) is 14.2. The molecular weight excluding hydrogens is 363 g/mol. The largest absolute Gasteiger partial charge is 0.247 e. The highest BCUT2D eigenvalue weighted by Gasteiger charge is 2.30. The van der Waals surface area contributed by atoms with Crippen LogP contribution in [0.15, 0.2) is 29.2 Å². The quantitative estimate of drug-likeness (QED) is 0.592. The Morgan fingerprint density at radius 3 is 2.56 bits per heavy atom. The van der Waals surface area contributed by atoms with Crippen LogP contribution in [0.3, 0.4) is 0 Å². The average Bonchev–Trinajstić information content (AvgIpc) is 2.27. The van der Waals surface area contributed by atoms with Gasteiger partial charge in [-0.15, -0.1) is 0 Å². The van der Waals surface area contributed by atoms with Gasteiger partial charge in [0.15, 0.2) is 0 Å². The van der Waals surface area contributed by atoms with E-state index >= 15 is 0 Å². The van der Waals surface area contributed by atoms with Gasteiger partial charge in [0.05, 0.1) is 4.90 Å². The van der Waals surface area contributed by atoms with Crippen molar-refractivity contribution in [2.45, 2.75) is 11.8 Å². The van der Waals surface area contributed by atoms with Crippen LogP contribution in [0.5, 0.6) is 0 Å². The smallest absolute Gasteiger partial charge is 0.243 e. The number of benzene rings is 1. The number of nitrogens with zero attached hydrogens (tertiary/aromatic N) is 2. The maximum atomic E-state index is 12.4. The van der Waals surface area contributed by atoms with Gasteiger partial charge in [-0.05, 0) is 24.5 Å². The van der Waals surface area contributed by atoms with E-state index in [2.05, 4.69) is 26.0 Å². The van der Waals surface area contributed by atoms with Crippen LogP contribution in [0.2, 0.25) is 0 Å². The zero-order valence-corrected chi connectivity index (χ0v) is 13.5. The molecule has 0 spiro atoms. The lowest BCUT2D eigenvalue weighted by atomic mass is 10.0. The van der Waals surface area contributed by atoms with Crippen molar-refractivity contribution in [1.29, 1.82) is 0 Å². The molecule has 0 aromatic heterocycles. The van der Waals surface area contributed by atoms with Crippen LogP contribution in [0.25, 0.3) is 0 Å². The van der Waals surface area contributed by atoms with Crippen molar-refractivity contribution >= 4 is 32.9 Å². The highest BCUT2D eigenvalue weighted by atomic mass is 127. The van der Waals surface area contributed by atoms with Crippen molar-refractivity contribution in [3.8, 4) is 0 Å². The molecule has 0 aliphatic carbocycles. The first-order chi connectivity index (χ1) is 8.41. The van der Waals surface area contributed by atoms with Crippen molar-refractivity contribution in [1.82, 2.24) is 7.42 Å². The lowest BCUT2D eigenvalue weighted by molar-refractivity contribution is 0.211. The van der Waals surface area contributed by atoms with Gasteiger partial charge in [0, 0.05) is 49.5 Å². The SMILES string of the molecule is Cc1ccccc1S(=O)(=O)N(C)CC1CN(I)C1. The Kier molecular flexibility index (Phi) is 4.30. The summed E-state index contributed by atoms with van der Waals surface area (Å²) in [6.07, 6.45) is 0. The van der Waals surface area contributed by atoms with Crippen LogP contribution in [-0.2, 0) is 10.0 Å². The Morgan fingerprint density at radius 2 is 2.00 bits per heavy atom. The summed E-state index contributed by atoms with van der Waals surface area (Å²) >= 11 is 2.26. The van der Waals surface area contributed by atoms with E-state index in [1.807, 2.05) is 19.1 Å². The zero-order chi connectivity index (χ0) is 13.3. The Bertz CT molecular complexity index is 527. The van der Waals surface area contributed by atoms with Crippen molar-refractivity contribution in [2.24, 2.45) is 5.92 Å². The molecule has 1 fully saturated rings. The molecule has 1 aliphatic rings. The number of aryl methyl sites for hydroxylation is 1. The minimum atomic E-state index is -3.35. The van der Waals surface area contributed by atoms with Gasteiger partial charge in [-0.3, -0.25) is 0 Å². The van der Waals surface area contributed by atoms with E-state index in [4.69, 9.17) is 0 Å².